The van der Waals surface area contributed by atoms with E-state index in [1.807, 2.05) is 0 Å². The van der Waals surface area contributed by atoms with Crippen LogP contribution in [0.2, 0.25) is 0 Å². The Labute approximate surface area is 183 Å². The quantitative estimate of drug-likeness (QED) is 0.124. The first kappa shape index (κ1) is 47.0. The molecule has 0 bridgehead atoms. The Hall–Kier alpha value is -2.97. The Morgan fingerprint density at radius 2 is 0.875 bits per heavy atom. The van der Waals surface area contributed by atoms with Gasteiger partial charge in [-0.1, -0.05) is 6.42 Å². The number of primary amides is 2. The van der Waals surface area contributed by atoms with E-state index in [1.165, 1.54) is 0 Å². The highest BCUT2D eigenvalue weighted by Crippen LogP contribution is 1.97. The maximum atomic E-state index is 10.1. The van der Waals surface area contributed by atoms with Crippen LogP contribution < -0.4 is 34.4 Å². The first-order valence-electron chi connectivity index (χ1n) is 7.97. The van der Waals surface area contributed by atoms with Gasteiger partial charge in [0, 0.05) is 0 Å². The van der Waals surface area contributed by atoms with Crippen LogP contribution in [0.4, 0.5) is 0 Å². The number of rotatable bonds is 11. The topological polar surface area (TPSA) is 428 Å². The number of carbonyl (C=O) groups excluding carboxylic acids is 2. The summed E-state index contributed by atoms with van der Waals surface area (Å²) in [5.41, 5.74) is 29.6. The summed E-state index contributed by atoms with van der Waals surface area (Å²) in [4.78, 5) is 49.9. The zero-order chi connectivity index (χ0) is 22.9. The van der Waals surface area contributed by atoms with Crippen molar-refractivity contribution in [2.24, 2.45) is 34.4 Å². The lowest BCUT2D eigenvalue weighted by Gasteiger charge is -2.03. The summed E-state index contributed by atoms with van der Waals surface area (Å²) in [6, 6.07) is -3.04. The molecule has 3 atom stereocenters. The summed E-state index contributed by atoms with van der Waals surface area (Å²) in [7, 11) is 0. The second-order valence-electron chi connectivity index (χ2n) is 5.46. The lowest BCUT2D eigenvalue weighted by molar-refractivity contribution is -0.140. The van der Waals surface area contributed by atoms with Crippen molar-refractivity contribution in [1.29, 1.82) is 0 Å². The highest BCUT2D eigenvalue weighted by molar-refractivity contribution is 5.83. The second-order valence-corrected chi connectivity index (χ2v) is 5.46. The van der Waals surface area contributed by atoms with E-state index in [4.69, 9.17) is 38.3 Å². The van der Waals surface area contributed by atoms with Gasteiger partial charge in [0.2, 0.25) is 11.8 Å². The molecule has 0 rings (SSSR count). The first-order valence-corrected chi connectivity index (χ1v) is 7.97. The maximum Gasteiger partial charge on any atom is 0.321 e. The van der Waals surface area contributed by atoms with Gasteiger partial charge in [-0.25, -0.2) is 0 Å². The average Bonchev–Trinajstić information content (AvgIpc) is 2.54. The smallest absolute Gasteiger partial charge is 0.321 e. The number of carboxylic acid groups (broad SMARTS) is 3. The van der Waals surface area contributed by atoms with Gasteiger partial charge in [0.05, 0.1) is 12.8 Å². The van der Waals surface area contributed by atoms with E-state index in [2.05, 4.69) is 11.5 Å². The number of aliphatic carboxylic acids is 3. The van der Waals surface area contributed by atoms with Crippen LogP contribution in [0.15, 0.2) is 0 Å². The Morgan fingerprint density at radius 1 is 0.594 bits per heavy atom. The third kappa shape index (κ3) is 37.7. The molecule has 0 aliphatic rings. The molecule has 0 aliphatic heterocycles. The zero-order valence-corrected chi connectivity index (χ0v) is 17.3. The summed E-state index contributed by atoms with van der Waals surface area (Å²) in [5.74, 6) is -4.77. The van der Waals surface area contributed by atoms with Crippen molar-refractivity contribution in [1.82, 2.24) is 0 Å². The Bertz CT molecular complexity index is 490. The summed E-state index contributed by atoms with van der Waals surface area (Å²) >= 11 is 0. The standard InChI is InChI=1S/C6H14N2O2.2C4H8N2O3.4H2O/c7-4-2-1-3-5(8)6(9)10;2*5-2(4(8)9)1-3(6)7;;;;/h5H,1-4,7-8H2,(H,9,10);2*2H,1,5H2,(H2,6,7)(H,8,9);4*1H2/t5-;2-;;;;;/m00...../s1. The second kappa shape index (κ2) is 28.0. The van der Waals surface area contributed by atoms with Gasteiger partial charge in [-0.05, 0) is 19.4 Å². The van der Waals surface area contributed by atoms with Crippen molar-refractivity contribution >= 4 is 29.7 Å². The third-order valence-corrected chi connectivity index (χ3v) is 2.76. The van der Waals surface area contributed by atoms with Crippen LogP contribution in [0.1, 0.15) is 32.1 Å². The largest absolute Gasteiger partial charge is 0.480 e. The van der Waals surface area contributed by atoms with E-state index in [1.54, 1.807) is 0 Å². The number of hydrogen-bond donors (Lipinski definition) is 9. The first-order chi connectivity index (χ1) is 12.8. The number of nitrogens with two attached hydrogens (primary N) is 6. The normalized spacial score (nSPS) is 11.1. The lowest BCUT2D eigenvalue weighted by atomic mass is 10.1. The molecule has 0 aliphatic carbocycles. The molecule has 0 aromatic carbocycles. The number of unbranched alkanes of at least 4 members (excludes halogenated alkanes) is 1. The molecule has 0 saturated carbocycles. The van der Waals surface area contributed by atoms with Crippen molar-refractivity contribution in [2.45, 2.75) is 50.2 Å². The monoisotopic (exact) mass is 482 g/mol. The predicted octanol–water partition coefficient (Wildman–Crippen LogP) is -7.22. The van der Waals surface area contributed by atoms with Crippen LogP contribution in [0.5, 0.6) is 0 Å². The van der Waals surface area contributed by atoms with E-state index in [-0.39, 0.29) is 34.7 Å². The molecule has 18 nitrogen and oxygen atoms in total. The van der Waals surface area contributed by atoms with Gasteiger partial charge in [-0.15, -0.1) is 0 Å². The van der Waals surface area contributed by atoms with Crippen LogP contribution in [0.3, 0.4) is 0 Å². The molecule has 0 fully saturated rings. The minimum absolute atomic E-state index is 0. The molecule has 0 saturated heterocycles. The van der Waals surface area contributed by atoms with Crippen molar-refractivity contribution in [3.05, 3.63) is 0 Å². The average molecular weight is 482 g/mol. The van der Waals surface area contributed by atoms with E-state index in [0.717, 1.165) is 12.8 Å². The van der Waals surface area contributed by atoms with Gasteiger partial charge in [0.1, 0.15) is 18.1 Å². The van der Waals surface area contributed by atoms with Crippen molar-refractivity contribution < 1.29 is 61.2 Å². The summed E-state index contributed by atoms with van der Waals surface area (Å²) in [6.07, 6.45) is 1.54. The molecule has 18 heteroatoms. The third-order valence-electron chi connectivity index (χ3n) is 2.76. The molecule has 0 heterocycles. The number of hydrogen-bond acceptors (Lipinski definition) is 9. The molecule has 196 valence electrons. The van der Waals surface area contributed by atoms with Gasteiger partial charge >= 0.3 is 17.9 Å². The highest BCUT2D eigenvalue weighted by Gasteiger charge is 2.13. The van der Waals surface area contributed by atoms with Gasteiger partial charge in [-0.3, -0.25) is 24.0 Å². The van der Waals surface area contributed by atoms with Gasteiger partial charge in [-0.2, -0.15) is 0 Å². The fourth-order valence-electron chi connectivity index (χ4n) is 1.24. The maximum absolute atomic E-state index is 10.1. The van der Waals surface area contributed by atoms with Crippen molar-refractivity contribution in [2.75, 3.05) is 6.54 Å². The molecule has 1 unspecified atom stereocenters. The minimum Gasteiger partial charge on any atom is -0.480 e. The van der Waals surface area contributed by atoms with Gasteiger partial charge < -0.3 is 71.6 Å². The summed E-state index contributed by atoms with van der Waals surface area (Å²) in [5, 5.41) is 24.5. The summed E-state index contributed by atoms with van der Waals surface area (Å²) in [6.45, 7) is 0.604. The lowest BCUT2D eigenvalue weighted by Crippen LogP contribution is -2.34. The van der Waals surface area contributed by atoms with Gasteiger partial charge in [0.15, 0.2) is 0 Å². The number of amides is 2. The van der Waals surface area contributed by atoms with Crippen LogP contribution in [-0.2, 0) is 24.0 Å². The minimum atomic E-state index is -1.21. The van der Waals surface area contributed by atoms with Crippen molar-refractivity contribution in [3.63, 3.8) is 0 Å². The summed E-state index contributed by atoms with van der Waals surface area (Å²) < 4.78 is 0. The van der Waals surface area contributed by atoms with Crippen LogP contribution in [0.25, 0.3) is 0 Å². The van der Waals surface area contributed by atoms with E-state index >= 15 is 0 Å². The zero-order valence-electron chi connectivity index (χ0n) is 17.3. The number of carboxylic acids is 3. The van der Waals surface area contributed by atoms with Gasteiger partial charge in [0.25, 0.3) is 0 Å². The van der Waals surface area contributed by atoms with Crippen LogP contribution >= 0.6 is 0 Å². The molecular formula is C14H38N6O12. The molecule has 0 radical (unpaired) electrons. The molecule has 0 spiro atoms. The Balaban J connectivity index is -0.0000000552. The molecular weight excluding hydrogens is 444 g/mol. The molecule has 32 heavy (non-hydrogen) atoms. The fraction of sp³-hybridized carbons (Fsp3) is 0.643. The molecule has 0 aromatic rings. The van der Waals surface area contributed by atoms with Crippen LogP contribution in [0, 0.1) is 0 Å². The Morgan fingerprint density at radius 3 is 1.03 bits per heavy atom. The molecule has 23 N–H and O–H groups in total. The molecule has 2 amide bonds. The molecule has 0 aromatic heterocycles. The van der Waals surface area contributed by atoms with Crippen LogP contribution in [-0.4, -0.2) is 91.6 Å². The van der Waals surface area contributed by atoms with Crippen molar-refractivity contribution in [3.8, 4) is 0 Å². The number of carbonyl (C=O) groups is 5. The SMILES string of the molecule is NC(=O)CC(N)C(=O)O.NC(=O)C[C@H](N)C(=O)O.NCCCC[C@H](N)C(=O)O.O.O.O.O. The van der Waals surface area contributed by atoms with E-state index in [0.29, 0.717) is 13.0 Å². The van der Waals surface area contributed by atoms with E-state index in [9.17, 15) is 24.0 Å². The fourth-order valence-corrected chi connectivity index (χ4v) is 1.24. The highest BCUT2D eigenvalue weighted by atomic mass is 16.4. The van der Waals surface area contributed by atoms with E-state index < -0.39 is 47.8 Å². The predicted molar refractivity (Wildman–Crippen MR) is 112 cm³/mol. The Kier molecular flexibility index (Phi) is 41.2.